The van der Waals surface area contributed by atoms with Crippen molar-refractivity contribution in [2.45, 2.75) is 44.7 Å². The number of carbonyl (C=O) groups is 1. The smallest absolute Gasteiger partial charge is 0.231 e. The van der Waals surface area contributed by atoms with Gasteiger partial charge in [-0.25, -0.2) is 0 Å². The van der Waals surface area contributed by atoms with Crippen molar-refractivity contribution in [3.8, 4) is 0 Å². The van der Waals surface area contributed by atoms with Crippen LogP contribution in [0.5, 0.6) is 0 Å². The number of primary amides is 1. The first-order valence-corrected chi connectivity index (χ1v) is 11.4. The van der Waals surface area contributed by atoms with Crippen molar-refractivity contribution in [2.75, 3.05) is 31.1 Å². The Labute approximate surface area is 183 Å². The average molecular weight is 418 g/mol. The van der Waals surface area contributed by atoms with Gasteiger partial charge in [0.05, 0.1) is 23.8 Å². The Balaban J connectivity index is 1.41. The van der Waals surface area contributed by atoms with E-state index in [0.717, 1.165) is 31.7 Å². The summed E-state index contributed by atoms with van der Waals surface area (Å²) in [7, 11) is 0. The summed E-state index contributed by atoms with van der Waals surface area (Å²) in [5, 5.41) is 6.11. The number of hydrogen-bond donors (Lipinski definition) is 1. The zero-order chi connectivity index (χ0) is 21.4. The molecule has 6 nitrogen and oxygen atoms in total. The van der Waals surface area contributed by atoms with Crippen LogP contribution in [0.4, 0.5) is 5.69 Å². The van der Waals surface area contributed by atoms with E-state index in [4.69, 9.17) is 10.8 Å². The molecule has 1 aromatic heterocycles. The third-order valence-corrected chi connectivity index (χ3v) is 6.94. The van der Waals surface area contributed by atoms with Crippen molar-refractivity contribution in [3.63, 3.8) is 0 Å². The second kappa shape index (κ2) is 8.35. The molecule has 2 N–H and O–H groups in total. The Bertz CT molecular complexity index is 1070. The molecule has 31 heavy (non-hydrogen) atoms. The summed E-state index contributed by atoms with van der Waals surface area (Å²) in [4.78, 5) is 16.4. The van der Waals surface area contributed by atoms with Crippen molar-refractivity contribution in [2.24, 2.45) is 5.73 Å². The van der Waals surface area contributed by atoms with Crippen LogP contribution in [-0.2, 0) is 11.2 Å². The lowest BCUT2D eigenvalue weighted by Gasteiger charge is -2.42. The fourth-order valence-corrected chi connectivity index (χ4v) is 5.01. The highest BCUT2D eigenvalue weighted by atomic mass is 16.1. The van der Waals surface area contributed by atoms with Gasteiger partial charge < -0.3 is 10.6 Å². The van der Waals surface area contributed by atoms with Crippen LogP contribution >= 0.6 is 0 Å². The third-order valence-electron chi connectivity index (χ3n) is 6.94. The molecule has 1 saturated carbocycles. The number of hydrogen-bond acceptors (Lipinski definition) is 4. The zero-order valence-corrected chi connectivity index (χ0v) is 18.2. The summed E-state index contributed by atoms with van der Waals surface area (Å²) in [5.74, 6) is -0.257. The quantitative estimate of drug-likeness (QED) is 0.668. The Kier molecular flexibility index (Phi) is 5.40. The normalized spacial score (nSPS) is 20.2. The lowest BCUT2D eigenvalue weighted by atomic mass is 9.93. The van der Waals surface area contributed by atoms with Crippen molar-refractivity contribution < 1.29 is 4.79 Å². The van der Waals surface area contributed by atoms with E-state index in [0.29, 0.717) is 12.6 Å². The number of nitrogens with zero attached hydrogens (tertiary/aromatic N) is 4. The molecule has 0 unspecified atom stereocenters. The SMILES string of the molecule is Cc1nn(C2CCC2)c2cc(N3CCN(CC(N)=O)[C@@H](Cc4ccccc4)C3)ccc12. The van der Waals surface area contributed by atoms with Crippen LogP contribution in [0, 0.1) is 6.92 Å². The van der Waals surface area contributed by atoms with E-state index < -0.39 is 0 Å². The lowest BCUT2D eigenvalue weighted by Crippen LogP contribution is -2.56. The van der Waals surface area contributed by atoms with Gasteiger partial charge >= 0.3 is 0 Å². The maximum atomic E-state index is 11.7. The number of aryl methyl sites for hydroxylation is 1. The van der Waals surface area contributed by atoms with Crippen molar-refractivity contribution in [1.82, 2.24) is 14.7 Å². The fourth-order valence-electron chi connectivity index (χ4n) is 5.01. The summed E-state index contributed by atoms with van der Waals surface area (Å²) < 4.78 is 2.25. The van der Waals surface area contributed by atoms with Crippen molar-refractivity contribution in [1.29, 1.82) is 0 Å². The molecule has 6 heteroatoms. The molecule has 2 aromatic carbocycles. The Morgan fingerprint density at radius 3 is 2.65 bits per heavy atom. The fraction of sp³-hybridized carbons (Fsp3) is 0.440. The molecule has 5 rings (SSSR count). The number of rotatable bonds is 6. The summed E-state index contributed by atoms with van der Waals surface area (Å²) >= 11 is 0. The summed E-state index contributed by atoms with van der Waals surface area (Å²) in [5.41, 5.74) is 10.4. The van der Waals surface area contributed by atoms with Crippen LogP contribution in [-0.4, -0.2) is 52.8 Å². The number of fused-ring (bicyclic) bond motifs is 1. The van der Waals surface area contributed by atoms with Gasteiger partial charge in [0.1, 0.15) is 0 Å². The van der Waals surface area contributed by atoms with Gasteiger partial charge in [0.2, 0.25) is 5.91 Å². The summed E-state index contributed by atoms with van der Waals surface area (Å²) in [6.07, 6.45) is 4.66. The Morgan fingerprint density at radius 2 is 1.94 bits per heavy atom. The molecular weight excluding hydrogens is 386 g/mol. The standard InChI is InChI=1S/C25H31N5O/c1-18-23-11-10-21(15-24(23)30(27-18)20-8-5-9-20)28-12-13-29(17-25(26)31)22(16-28)14-19-6-3-2-4-7-19/h2-4,6-7,10-11,15,20,22H,5,8-9,12-14,16-17H2,1H3,(H2,26,31)/t22-/m0/s1. The molecule has 3 aromatic rings. The van der Waals surface area contributed by atoms with Gasteiger partial charge in [-0.2, -0.15) is 5.10 Å². The van der Waals surface area contributed by atoms with Crippen LogP contribution in [0.1, 0.15) is 36.6 Å². The highest BCUT2D eigenvalue weighted by molar-refractivity contribution is 5.85. The van der Waals surface area contributed by atoms with E-state index >= 15 is 0 Å². The highest BCUT2D eigenvalue weighted by Gasteiger charge is 2.29. The molecule has 2 aliphatic rings. The van der Waals surface area contributed by atoms with Crippen LogP contribution in [0.25, 0.3) is 10.9 Å². The number of piperazine rings is 1. The van der Waals surface area contributed by atoms with Crippen LogP contribution in [0.15, 0.2) is 48.5 Å². The second-order valence-corrected chi connectivity index (χ2v) is 9.04. The van der Waals surface area contributed by atoms with Gasteiger partial charge in [0.15, 0.2) is 0 Å². The number of carbonyl (C=O) groups excluding carboxylic acids is 1. The van der Waals surface area contributed by atoms with Gasteiger partial charge in [-0.1, -0.05) is 30.3 Å². The van der Waals surface area contributed by atoms with E-state index in [1.807, 2.05) is 6.07 Å². The molecule has 0 bridgehead atoms. The first-order chi connectivity index (χ1) is 15.1. The summed E-state index contributed by atoms with van der Waals surface area (Å²) in [6, 6.07) is 18.1. The number of aromatic nitrogens is 2. The minimum absolute atomic E-state index is 0.248. The number of anilines is 1. The Hall–Kier alpha value is -2.86. The molecule has 1 saturated heterocycles. The topological polar surface area (TPSA) is 67.4 Å². The minimum atomic E-state index is -0.257. The van der Waals surface area contributed by atoms with Crippen LogP contribution in [0.3, 0.4) is 0 Å². The zero-order valence-electron chi connectivity index (χ0n) is 18.2. The van der Waals surface area contributed by atoms with Gasteiger partial charge in [0.25, 0.3) is 0 Å². The first kappa shape index (κ1) is 20.1. The summed E-state index contributed by atoms with van der Waals surface area (Å²) in [6.45, 7) is 5.03. The van der Waals surface area contributed by atoms with Gasteiger partial charge in [-0.05, 0) is 56.4 Å². The number of benzene rings is 2. The number of nitrogens with two attached hydrogens (primary N) is 1. The van der Waals surface area contributed by atoms with E-state index in [2.05, 4.69) is 63.9 Å². The van der Waals surface area contributed by atoms with Gasteiger partial charge in [0, 0.05) is 36.7 Å². The number of amides is 1. The van der Waals surface area contributed by atoms with E-state index in [9.17, 15) is 4.79 Å². The Morgan fingerprint density at radius 1 is 1.13 bits per heavy atom. The molecule has 1 amide bonds. The largest absolute Gasteiger partial charge is 0.369 e. The first-order valence-electron chi connectivity index (χ1n) is 11.4. The van der Waals surface area contributed by atoms with E-state index in [1.165, 1.54) is 41.4 Å². The molecule has 0 spiro atoms. The van der Waals surface area contributed by atoms with E-state index in [1.54, 1.807) is 0 Å². The molecule has 162 valence electrons. The molecule has 1 aliphatic heterocycles. The molecule has 1 aliphatic carbocycles. The molecule has 1 atom stereocenters. The van der Waals surface area contributed by atoms with Crippen LogP contribution in [0.2, 0.25) is 0 Å². The lowest BCUT2D eigenvalue weighted by molar-refractivity contribution is -0.119. The minimum Gasteiger partial charge on any atom is -0.369 e. The monoisotopic (exact) mass is 417 g/mol. The highest BCUT2D eigenvalue weighted by Crippen LogP contribution is 2.36. The second-order valence-electron chi connectivity index (χ2n) is 9.04. The predicted octanol–water partition coefficient (Wildman–Crippen LogP) is 3.29. The average Bonchev–Trinajstić information content (AvgIpc) is 3.04. The van der Waals surface area contributed by atoms with Crippen LogP contribution < -0.4 is 10.6 Å². The molecule has 2 fully saturated rings. The maximum Gasteiger partial charge on any atom is 0.231 e. The predicted molar refractivity (Wildman–Crippen MR) is 124 cm³/mol. The van der Waals surface area contributed by atoms with Crippen molar-refractivity contribution in [3.05, 3.63) is 59.8 Å². The van der Waals surface area contributed by atoms with Gasteiger partial charge in [-0.3, -0.25) is 14.4 Å². The van der Waals surface area contributed by atoms with E-state index in [-0.39, 0.29) is 11.9 Å². The van der Waals surface area contributed by atoms with Crippen molar-refractivity contribution >= 4 is 22.5 Å². The third kappa shape index (κ3) is 4.04. The molecular formula is C25H31N5O. The maximum absolute atomic E-state index is 11.7. The molecule has 2 heterocycles. The molecule has 0 radical (unpaired) electrons. The van der Waals surface area contributed by atoms with Gasteiger partial charge in [-0.15, -0.1) is 0 Å².